The number of para-hydroxylation sites is 1. The molecule has 2 N–H and O–H groups in total. The van der Waals surface area contributed by atoms with Crippen molar-refractivity contribution in [3.8, 4) is 11.5 Å². The second-order valence-electron chi connectivity index (χ2n) is 9.79. The summed E-state index contributed by atoms with van der Waals surface area (Å²) in [4.78, 5) is 27.8. The van der Waals surface area contributed by atoms with Crippen molar-refractivity contribution in [2.45, 2.75) is 46.2 Å². The topological polar surface area (TPSA) is 75.6 Å². The molecule has 2 heterocycles. The second-order valence-corrected chi connectivity index (χ2v) is 9.79. The molecule has 2 aromatic carbocycles. The van der Waals surface area contributed by atoms with Crippen LogP contribution in [0, 0.1) is 5.92 Å². The van der Waals surface area contributed by atoms with Crippen LogP contribution in [-0.2, 0) is 17.9 Å². The van der Waals surface area contributed by atoms with E-state index in [1.54, 1.807) is 0 Å². The molecule has 3 aromatic rings. The van der Waals surface area contributed by atoms with E-state index < -0.39 is 0 Å². The first kappa shape index (κ1) is 25.9. The maximum Gasteiger partial charge on any atom is 0.255 e. The normalized spacial score (nSPS) is 14.3. The molecule has 0 bridgehead atoms. The lowest BCUT2D eigenvalue weighted by Gasteiger charge is -2.27. The fourth-order valence-electron chi connectivity index (χ4n) is 4.57. The molecule has 0 aliphatic carbocycles. The molecule has 1 aliphatic rings. The van der Waals surface area contributed by atoms with Crippen LogP contribution in [0.25, 0.3) is 10.9 Å². The largest absolute Gasteiger partial charge is 0.457 e. The van der Waals surface area contributed by atoms with E-state index in [4.69, 9.17) is 4.74 Å². The fourth-order valence-corrected chi connectivity index (χ4v) is 4.57. The van der Waals surface area contributed by atoms with E-state index in [9.17, 15) is 9.59 Å². The molecular formula is C29H38N4O3. The molecule has 0 atom stereocenters. The number of amides is 1. The molecule has 1 saturated heterocycles. The van der Waals surface area contributed by atoms with Gasteiger partial charge in [-0.05, 0) is 61.6 Å². The highest BCUT2D eigenvalue weighted by molar-refractivity contribution is 5.81. The van der Waals surface area contributed by atoms with E-state index in [-0.39, 0.29) is 17.4 Å². The Kier molecular flexibility index (Phi) is 9.14. The number of hydrogen-bond acceptors (Lipinski definition) is 5. The van der Waals surface area contributed by atoms with Crippen LogP contribution in [0.5, 0.6) is 11.5 Å². The zero-order valence-corrected chi connectivity index (χ0v) is 21.5. The summed E-state index contributed by atoms with van der Waals surface area (Å²) in [5.41, 5.74) is 1.64. The standard InChI is InChI=1S/C29H38N4O3/c1-22(2)28(34)31-14-13-30-21-24-19-23-11-12-26(36-25-9-5-3-6-10-25)20-27(23)33(29(24)35)18-17-32-15-7-4-8-16-32/h3,5-6,9-12,19-20,22,30H,4,7-8,13-18,21H2,1-2H3,(H,31,34). The number of pyridine rings is 1. The summed E-state index contributed by atoms with van der Waals surface area (Å²) in [5, 5.41) is 7.23. The van der Waals surface area contributed by atoms with Gasteiger partial charge < -0.3 is 24.8 Å². The van der Waals surface area contributed by atoms with Crippen molar-refractivity contribution in [1.82, 2.24) is 20.1 Å². The first-order chi connectivity index (χ1) is 17.5. The van der Waals surface area contributed by atoms with Crippen molar-refractivity contribution in [1.29, 1.82) is 0 Å². The van der Waals surface area contributed by atoms with Gasteiger partial charge in [0.05, 0.1) is 5.52 Å². The molecule has 1 aliphatic heterocycles. The van der Waals surface area contributed by atoms with Gasteiger partial charge in [-0.3, -0.25) is 9.59 Å². The Bertz CT molecular complexity index is 1200. The lowest BCUT2D eigenvalue weighted by Crippen LogP contribution is -2.37. The molecular weight excluding hydrogens is 452 g/mol. The quantitative estimate of drug-likeness (QED) is 0.395. The van der Waals surface area contributed by atoms with Crippen LogP contribution in [0.1, 0.15) is 38.7 Å². The summed E-state index contributed by atoms with van der Waals surface area (Å²) < 4.78 is 7.96. The monoisotopic (exact) mass is 490 g/mol. The molecule has 36 heavy (non-hydrogen) atoms. The lowest BCUT2D eigenvalue weighted by molar-refractivity contribution is -0.123. The number of nitrogens with zero attached hydrogens (tertiary/aromatic N) is 2. The predicted molar refractivity (Wildman–Crippen MR) is 145 cm³/mol. The van der Waals surface area contributed by atoms with Crippen molar-refractivity contribution in [3.63, 3.8) is 0 Å². The summed E-state index contributed by atoms with van der Waals surface area (Å²) in [6.45, 7) is 9.04. The van der Waals surface area contributed by atoms with Gasteiger partial charge in [0.15, 0.2) is 0 Å². The van der Waals surface area contributed by atoms with Gasteiger partial charge in [0.1, 0.15) is 11.5 Å². The van der Waals surface area contributed by atoms with E-state index in [1.165, 1.54) is 19.3 Å². The predicted octanol–water partition coefficient (Wildman–Crippen LogP) is 4.14. The Morgan fingerprint density at radius 2 is 1.72 bits per heavy atom. The summed E-state index contributed by atoms with van der Waals surface area (Å²) in [6.07, 6.45) is 3.74. The van der Waals surface area contributed by atoms with Crippen molar-refractivity contribution in [3.05, 3.63) is 70.5 Å². The molecule has 0 spiro atoms. The van der Waals surface area contributed by atoms with Crippen LogP contribution >= 0.6 is 0 Å². The van der Waals surface area contributed by atoms with Crippen molar-refractivity contribution >= 4 is 16.8 Å². The van der Waals surface area contributed by atoms with Gasteiger partial charge in [-0.2, -0.15) is 0 Å². The minimum Gasteiger partial charge on any atom is -0.457 e. The molecule has 192 valence electrons. The van der Waals surface area contributed by atoms with Crippen molar-refractivity contribution in [2.75, 3.05) is 32.7 Å². The van der Waals surface area contributed by atoms with E-state index in [0.717, 1.165) is 41.9 Å². The number of nitrogens with one attached hydrogen (secondary N) is 2. The van der Waals surface area contributed by atoms with Crippen LogP contribution in [0.2, 0.25) is 0 Å². The molecule has 0 radical (unpaired) electrons. The second kappa shape index (κ2) is 12.7. The number of carbonyl (C=O) groups excluding carboxylic acids is 1. The summed E-state index contributed by atoms with van der Waals surface area (Å²) in [5.74, 6) is 1.49. The van der Waals surface area contributed by atoms with Gasteiger partial charge in [0.25, 0.3) is 5.56 Å². The zero-order chi connectivity index (χ0) is 25.3. The Morgan fingerprint density at radius 1 is 0.944 bits per heavy atom. The molecule has 1 fully saturated rings. The van der Waals surface area contributed by atoms with Crippen LogP contribution in [0.4, 0.5) is 0 Å². The SMILES string of the molecule is CC(C)C(=O)NCCNCc1cc2ccc(Oc3ccccc3)cc2n(CCN2CCCCC2)c1=O. The van der Waals surface area contributed by atoms with E-state index in [1.807, 2.05) is 73.0 Å². The molecule has 7 nitrogen and oxygen atoms in total. The smallest absolute Gasteiger partial charge is 0.255 e. The third kappa shape index (κ3) is 6.95. The average Bonchev–Trinajstić information content (AvgIpc) is 2.89. The number of likely N-dealkylation sites (tertiary alicyclic amines) is 1. The summed E-state index contributed by atoms with van der Waals surface area (Å²) in [7, 11) is 0. The minimum atomic E-state index is -0.0339. The van der Waals surface area contributed by atoms with Gasteiger partial charge in [0.2, 0.25) is 5.91 Å². The number of fused-ring (bicyclic) bond motifs is 1. The zero-order valence-electron chi connectivity index (χ0n) is 21.5. The highest BCUT2D eigenvalue weighted by Gasteiger charge is 2.14. The molecule has 1 amide bonds. The lowest BCUT2D eigenvalue weighted by atomic mass is 10.1. The van der Waals surface area contributed by atoms with Gasteiger partial charge in [-0.25, -0.2) is 0 Å². The summed E-state index contributed by atoms with van der Waals surface area (Å²) >= 11 is 0. The number of benzene rings is 2. The van der Waals surface area contributed by atoms with Gasteiger partial charge in [0, 0.05) is 50.3 Å². The van der Waals surface area contributed by atoms with Gasteiger partial charge in [-0.1, -0.05) is 38.5 Å². The first-order valence-corrected chi connectivity index (χ1v) is 13.1. The van der Waals surface area contributed by atoms with Gasteiger partial charge >= 0.3 is 0 Å². The summed E-state index contributed by atoms with van der Waals surface area (Å²) in [6, 6.07) is 17.6. The number of rotatable bonds is 11. The molecule has 0 unspecified atom stereocenters. The average molecular weight is 491 g/mol. The maximum atomic E-state index is 13.6. The highest BCUT2D eigenvalue weighted by Crippen LogP contribution is 2.25. The number of ether oxygens (including phenoxy) is 1. The fraction of sp³-hybridized carbons (Fsp3) is 0.448. The van der Waals surface area contributed by atoms with Crippen LogP contribution in [-0.4, -0.2) is 48.1 Å². The maximum absolute atomic E-state index is 13.6. The third-order valence-corrected chi connectivity index (χ3v) is 6.65. The minimum absolute atomic E-state index is 0.0232. The van der Waals surface area contributed by atoms with Crippen molar-refractivity contribution < 1.29 is 9.53 Å². The molecule has 0 saturated carbocycles. The first-order valence-electron chi connectivity index (χ1n) is 13.1. The molecule has 1 aromatic heterocycles. The number of hydrogen-bond donors (Lipinski definition) is 2. The van der Waals surface area contributed by atoms with Crippen LogP contribution in [0.15, 0.2) is 59.4 Å². The van der Waals surface area contributed by atoms with Crippen LogP contribution < -0.4 is 20.9 Å². The van der Waals surface area contributed by atoms with E-state index >= 15 is 0 Å². The Hall–Kier alpha value is -3.16. The Morgan fingerprint density at radius 3 is 2.47 bits per heavy atom. The molecule has 7 heteroatoms. The number of aromatic nitrogens is 1. The Balaban J connectivity index is 1.54. The van der Waals surface area contributed by atoms with Crippen molar-refractivity contribution in [2.24, 2.45) is 5.92 Å². The van der Waals surface area contributed by atoms with E-state index in [2.05, 4.69) is 15.5 Å². The number of piperidine rings is 1. The van der Waals surface area contributed by atoms with Gasteiger partial charge in [-0.15, -0.1) is 0 Å². The molecule has 4 rings (SSSR count). The van der Waals surface area contributed by atoms with E-state index in [0.29, 0.717) is 31.9 Å². The highest BCUT2D eigenvalue weighted by atomic mass is 16.5. The Labute approximate surface area is 213 Å². The van der Waals surface area contributed by atoms with Crippen LogP contribution in [0.3, 0.4) is 0 Å². The number of carbonyl (C=O) groups is 1. The third-order valence-electron chi connectivity index (χ3n) is 6.65.